The van der Waals surface area contributed by atoms with Crippen LogP contribution in [0.25, 0.3) is 0 Å². The van der Waals surface area contributed by atoms with Crippen molar-refractivity contribution in [2.45, 2.75) is 56.0 Å². The molecule has 3 rings (SSSR count). The van der Waals surface area contributed by atoms with Crippen molar-refractivity contribution in [1.82, 2.24) is 14.9 Å². The van der Waals surface area contributed by atoms with Gasteiger partial charge in [0, 0.05) is 35.3 Å². The van der Waals surface area contributed by atoms with Crippen molar-refractivity contribution in [3.8, 4) is 5.75 Å². The van der Waals surface area contributed by atoms with Gasteiger partial charge in [0.15, 0.2) is 0 Å². The topological polar surface area (TPSA) is 76.7 Å². The van der Waals surface area contributed by atoms with Crippen LogP contribution in [0.15, 0.2) is 24.3 Å². The summed E-state index contributed by atoms with van der Waals surface area (Å²) in [5, 5.41) is 3.86. The van der Waals surface area contributed by atoms with Gasteiger partial charge in [0.05, 0.1) is 7.11 Å². The fourth-order valence-electron chi connectivity index (χ4n) is 4.56. The predicted octanol–water partition coefficient (Wildman–Crippen LogP) is 1.94. The molecule has 7 heteroatoms. The van der Waals surface area contributed by atoms with Crippen molar-refractivity contribution in [2.24, 2.45) is 0 Å². The van der Waals surface area contributed by atoms with E-state index in [0.717, 1.165) is 50.1 Å². The highest BCUT2D eigenvalue weighted by molar-refractivity contribution is 7.77. The Kier molecular flexibility index (Phi) is 7.28. The third-order valence-corrected chi connectivity index (χ3v) is 6.72. The van der Waals surface area contributed by atoms with Crippen LogP contribution in [-0.2, 0) is 16.7 Å². The molecule has 1 saturated heterocycles. The van der Waals surface area contributed by atoms with Crippen LogP contribution in [0.5, 0.6) is 5.75 Å². The molecular formula is C20H32N3O3S-. The lowest BCUT2D eigenvalue weighted by Gasteiger charge is -2.43. The molecule has 1 heterocycles. The van der Waals surface area contributed by atoms with Gasteiger partial charge in [-0.2, -0.15) is 0 Å². The number of nitrogens with zero attached hydrogens (tertiary/aromatic N) is 1. The van der Waals surface area contributed by atoms with E-state index in [4.69, 9.17) is 4.74 Å². The lowest BCUT2D eigenvalue weighted by Crippen LogP contribution is -2.49. The largest absolute Gasteiger partial charge is 0.760 e. The number of methoxy groups -OCH3 is 1. The van der Waals surface area contributed by atoms with Crippen LogP contribution < -0.4 is 14.8 Å². The van der Waals surface area contributed by atoms with Crippen LogP contribution in [0.3, 0.4) is 0 Å². The first-order chi connectivity index (χ1) is 13.0. The van der Waals surface area contributed by atoms with Crippen molar-refractivity contribution in [1.29, 1.82) is 0 Å². The number of benzene rings is 1. The predicted molar refractivity (Wildman–Crippen MR) is 108 cm³/mol. The molecule has 27 heavy (non-hydrogen) atoms. The van der Waals surface area contributed by atoms with Gasteiger partial charge < -0.3 is 19.5 Å². The van der Waals surface area contributed by atoms with Gasteiger partial charge >= 0.3 is 0 Å². The number of likely N-dealkylation sites (tertiary alicyclic amines) is 1. The van der Waals surface area contributed by atoms with Gasteiger partial charge in [0.2, 0.25) is 0 Å². The molecule has 0 radical (unpaired) electrons. The number of rotatable bonds is 7. The lowest BCUT2D eigenvalue weighted by atomic mass is 9.68. The van der Waals surface area contributed by atoms with Gasteiger partial charge in [-0.25, -0.2) is 4.72 Å². The van der Waals surface area contributed by atoms with Crippen LogP contribution in [0, 0.1) is 0 Å². The van der Waals surface area contributed by atoms with Crippen LogP contribution in [0.4, 0.5) is 0 Å². The second-order valence-electron chi connectivity index (χ2n) is 8.09. The van der Waals surface area contributed by atoms with Crippen molar-refractivity contribution < 1.29 is 13.5 Å². The summed E-state index contributed by atoms with van der Waals surface area (Å²) >= 11 is -2.24. The molecule has 2 fully saturated rings. The van der Waals surface area contributed by atoms with Crippen molar-refractivity contribution in [3.63, 3.8) is 0 Å². The van der Waals surface area contributed by atoms with Crippen molar-refractivity contribution >= 4 is 11.3 Å². The maximum Gasteiger partial charge on any atom is 0.119 e. The van der Waals surface area contributed by atoms with Gasteiger partial charge in [-0.1, -0.05) is 12.1 Å². The van der Waals surface area contributed by atoms with Crippen LogP contribution in [-0.4, -0.2) is 59.5 Å². The Balaban J connectivity index is 1.66. The zero-order chi connectivity index (χ0) is 19.3. The lowest BCUT2D eigenvalue weighted by molar-refractivity contribution is 0.191. The van der Waals surface area contributed by atoms with E-state index in [1.165, 1.54) is 12.8 Å². The van der Waals surface area contributed by atoms with Gasteiger partial charge in [-0.3, -0.25) is 4.21 Å². The smallest absolute Gasteiger partial charge is 0.119 e. The van der Waals surface area contributed by atoms with E-state index in [2.05, 4.69) is 34.1 Å². The Bertz CT molecular complexity index is 627. The highest BCUT2D eigenvalue weighted by Gasteiger charge is 2.37. The van der Waals surface area contributed by atoms with Gasteiger partial charge in [-0.15, -0.1) is 0 Å². The zero-order valence-corrected chi connectivity index (χ0v) is 17.2. The van der Waals surface area contributed by atoms with Crippen LogP contribution in [0.1, 0.15) is 44.1 Å². The molecule has 1 unspecified atom stereocenters. The van der Waals surface area contributed by atoms with E-state index in [-0.39, 0.29) is 5.41 Å². The summed E-state index contributed by atoms with van der Waals surface area (Å²) in [6, 6.07) is 9.22. The molecule has 1 saturated carbocycles. The van der Waals surface area contributed by atoms with E-state index in [9.17, 15) is 8.76 Å². The Labute approximate surface area is 165 Å². The summed E-state index contributed by atoms with van der Waals surface area (Å²) in [4.78, 5) is 2.39. The Morgan fingerprint density at radius 1 is 1.22 bits per heavy atom. The normalized spacial score (nSPS) is 28.8. The molecule has 0 spiro atoms. The first kappa shape index (κ1) is 20.7. The monoisotopic (exact) mass is 394 g/mol. The highest BCUT2D eigenvalue weighted by Crippen LogP contribution is 2.40. The molecule has 152 valence electrons. The summed E-state index contributed by atoms with van der Waals surface area (Å²) in [6.07, 6.45) is 6.49. The van der Waals surface area contributed by atoms with E-state index < -0.39 is 11.3 Å². The molecule has 0 aromatic heterocycles. The number of ether oxygens (including phenoxy) is 1. The minimum Gasteiger partial charge on any atom is -0.760 e. The molecule has 6 nitrogen and oxygen atoms in total. The van der Waals surface area contributed by atoms with Crippen molar-refractivity contribution in [3.05, 3.63) is 29.8 Å². The zero-order valence-electron chi connectivity index (χ0n) is 16.4. The first-order valence-corrected chi connectivity index (χ1v) is 11.0. The summed E-state index contributed by atoms with van der Waals surface area (Å²) < 4.78 is 30.3. The van der Waals surface area contributed by atoms with Crippen LogP contribution >= 0.6 is 0 Å². The third-order valence-electron chi connectivity index (χ3n) is 6.34. The quantitative estimate of drug-likeness (QED) is 0.691. The number of hydrogen-bond donors (Lipinski definition) is 2. The number of piperidine rings is 1. The van der Waals surface area contributed by atoms with Crippen LogP contribution in [0.2, 0.25) is 0 Å². The van der Waals surface area contributed by atoms with Gasteiger partial charge in [-0.05, 0) is 76.4 Å². The fraction of sp³-hybridized carbons (Fsp3) is 0.700. The fourth-order valence-corrected chi connectivity index (χ4v) is 4.96. The first-order valence-electron chi connectivity index (χ1n) is 9.93. The van der Waals surface area contributed by atoms with E-state index in [1.54, 1.807) is 7.11 Å². The molecule has 0 bridgehead atoms. The number of hydrogen-bond acceptors (Lipinski definition) is 5. The molecule has 1 aromatic rings. The Hall–Kier alpha value is -0.990. The number of nitrogens with one attached hydrogen (secondary N) is 2. The Morgan fingerprint density at radius 2 is 1.89 bits per heavy atom. The average molecular weight is 395 g/mol. The summed E-state index contributed by atoms with van der Waals surface area (Å²) in [5.41, 5.74) is 0.997. The Morgan fingerprint density at radius 3 is 2.52 bits per heavy atom. The van der Waals surface area contributed by atoms with Gasteiger partial charge in [0.25, 0.3) is 0 Å². The SMILES string of the molecule is COc1cccc(C2(CNS(=O)[O-])CCC(NC3CCN(C)CC3)CC2)c1. The minimum atomic E-state index is -2.24. The van der Waals surface area contributed by atoms with Gasteiger partial charge in [0.1, 0.15) is 5.75 Å². The second-order valence-corrected chi connectivity index (χ2v) is 8.84. The maximum atomic E-state index is 11.1. The van der Waals surface area contributed by atoms with E-state index in [0.29, 0.717) is 18.6 Å². The highest BCUT2D eigenvalue weighted by atomic mass is 32.2. The molecule has 2 aliphatic rings. The molecule has 1 aliphatic heterocycles. The summed E-state index contributed by atoms with van der Waals surface area (Å²) in [6.45, 7) is 2.77. The molecule has 2 N–H and O–H groups in total. The minimum absolute atomic E-state index is 0.167. The standard InChI is InChI=1S/C20H33N3O3S/c1-23-12-8-18(9-13-23)22-17-6-10-20(11-7-17,15-21-27(24)25)16-4-3-5-19(14-16)26-2/h3-5,14,17-18,21-22H,6-13,15H2,1-2H3,(H,24,25)/p-1. The maximum absolute atomic E-state index is 11.1. The van der Waals surface area contributed by atoms with E-state index >= 15 is 0 Å². The molecule has 1 aliphatic carbocycles. The molecular weight excluding hydrogens is 362 g/mol. The summed E-state index contributed by atoms with van der Waals surface area (Å²) in [5.74, 6) is 0.821. The second kappa shape index (κ2) is 9.47. The molecule has 0 amide bonds. The summed E-state index contributed by atoms with van der Waals surface area (Å²) in [7, 11) is 3.85. The average Bonchev–Trinajstić information content (AvgIpc) is 2.69. The van der Waals surface area contributed by atoms with E-state index in [1.807, 2.05) is 12.1 Å². The third kappa shape index (κ3) is 5.51. The molecule has 1 atom stereocenters. The van der Waals surface area contributed by atoms with Crippen molar-refractivity contribution in [2.75, 3.05) is 33.8 Å². The molecule has 1 aromatic carbocycles.